The normalized spacial score (nSPS) is 22.6. The van der Waals surface area contributed by atoms with Crippen LogP contribution < -0.4 is 0 Å². The van der Waals surface area contributed by atoms with Gasteiger partial charge in [0.15, 0.2) is 0 Å². The van der Waals surface area contributed by atoms with Gasteiger partial charge in [0, 0.05) is 16.3 Å². The lowest BCUT2D eigenvalue weighted by molar-refractivity contribution is 0.719. The third-order valence-corrected chi connectivity index (χ3v) is 4.61. The molecule has 0 spiro atoms. The van der Waals surface area contributed by atoms with Gasteiger partial charge in [-0.15, -0.1) is 0 Å². The van der Waals surface area contributed by atoms with Gasteiger partial charge >= 0.3 is 0 Å². The van der Waals surface area contributed by atoms with Crippen LogP contribution in [0, 0.1) is 0 Å². The van der Waals surface area contributed by atoms with E-state index in [-0.39, 0.29) is 0 Å². The number of fused-ring (bicyclic) bond motifs is 6. The molecule has 2 aromatic carbocycles. The second kappa shape index (κ2) is 4.21. The lowest BCUT2D eigenvalue weighted by atomic mass is 9.70. The molecule has 2 unspecified atom stereocenters. The van der Waals surface area contributed by atoms with Crippen LogP contribution in [0.1, 0.15) is 23.0 Å². The highest BCUT2D eigenvalue weighted by Crippen LogP contribution is 2.49. The zero-order chi connectivity index (χ0) is 12.8. The molecule has 0 bridgehead atoms. The largest absolute Gasteiger partial charge is 0.0761 e. The van der Waals surface area contributed by atoms with E-state index in [2.05, 4.69) is 82.7 Å². The average molecular weight is 309 g/mol. The summed E-state index contributed by atoms with van der Waals surface area (Å²) < 4.78 is 1.16. The lowest BCUT2D eigenvalue weighted by Gasteiger charge is -2.33. The van der Waals surface area contributed by atoms with E-state index in [1.165, 1.54) is 22.3 Å². The minimum atomic E-state index is 0.465. The minimum Gasteiger partial charge on any atom is -0.0761 e. The molecule has 0 saturated heterocycles. The van der Waals surface area contributed by atoms with Crippen LogP contribution in [0.3, 0.4) is 0 Å². The SMILES string of the molecule is Brc1ccc2c(c1)C1C=CC=CC1c1ccccc1-2. The first-order valence-corrected chi connectivity index (χ1v) is 7.37. The predicted molar refractivity (Wildman–Crippen MR) is 83.3 cm³/mol. The average Bonchev–Trinajstić information content (AvgIpc) is 2.47. The first kappa shape index (κ1) is 11.2. The van der Waals surface area contributed by atoms with Gasteiger partial charge < -0.3 is 0 Å². The highest BCUT2D eigenvalue weighted by molar-refractivity contribution is 9.10. The second-order valence-corrected chi connectivity index (χ2v) is 6.06. The third-order valence-electron chi connectivity index (χ3n) is 4.12. The highest BCUT2D eigenvalue weighted by Gasteiger charge is 2.31. The van der Waals surface area contributed by atoms with Crippen molar-refractivity contribution in [3.63, 3.8) is 0 Å². The maximum Gasteiger partial charge on any atom is 0.0178 e. The van der Waals surface area contributed by atoms with Crippen molar-refractivity contribution in [1.82, 2.24) is 0 Å². The van der Waals surface area contributed by atoms with Crippen LogP contribution in [0.15, 0.2) is 71.2 Å². The van der Waals surface area contributed by atoms with E-state index in [0.29, 0.717) is 11.8 Å². The molecule has 0 N–H and O–H groups in total. The summed E-state index contributed by atoms with van der Waals surface area (Å²) in [7, 11) is 0. The molecule has 92 valence electrons. The van der Waals surface area contributed by atoms with Crippen molar-refractivity contribution in [2.45, 2.75) is 11.8 Å². The highest BCUT2D eigenvalue weighted by atomic mass is 79.9. The molecular formula is C18H13Br. The fourth-order valence-corrected chi connectivity index (χ4v) is 3.67. The quantitative estimate of drug-likeness (QED) is 0.609. The van der Waals surface area contributed by atoms with Gasteiger partial charge in [-0.2, -0.15) is 0 Å². The number of hydrogen-bond acceptors (Lipinski definition) is 0. The molecule has 0 aromatic heterocycles. The molecule has 0 nitrogen and oxygen atoms in total. The van der Waals surface area contributed by atoms with Crippen molar-refractivity contribution in [1.29, 1.82) is 0 Å². The molecule has 2 aliphatic rings. The van der Waals surface area contributed by atoms with E-state index in [1.54, 1.807) is 0 Å². The summed E-state index contributed by atoms with van der Waals surface area (Å²) in [4.78, 5) is 0. The summed E-state index contributed by atoms with van der Waals surface area (Å²) in [5.41, 5.74) is 5.63. The second-order valence-electron chi connectivity index (χ2n) is 5.14. The van der Waals surface area contributed by atoms with Gasteiger partial charge in [-0.1, -0.05) is 70.6 Å². The monoisotopic (exact) mass is 308 g/mol. The summed E-state index contributed by atoms with van der Waals surface area (Å²) in [5.74, 6) is 0.940. The summed E-state index contributed by atoms with van der Waals surface area (Å²) in [6.07, 6.45) is 8.99. The van der Waals surface area contributed by atoms with Crippen LogP contribution in [0.5, 0.6) is 0 Å². The molecule has 0 amide bonds. The van der Waals surface area contributed by atoms with Gasteiger partial charge in [0.2, 0.25) is 0 Å². The standard InChI is InChI=1S/C18H13Br/c19-12-9-10-17-15-7-2-1-5-13(15)14-6-3-4-8-16(14)18(17)11-12/h1-11,14,16H. The molecule has 0 aliphatic heterocycles. The van der Waals surface area contributed by atoms with Crippen molar-refractivity contribution in [3.05, 3.63) is 82.4 Å². The van der Waals surface area contributed by atoms with Gasteiger partial charge in [-0.3, -0.25) is 0 Å². The van der Waals surface area contributed by atoms with E-state index in [4.69, 9.17) is 0 Å². The maximum atomic E-state index is 3.60. The van der Waals surface area contributed by atoms with E-state index >= 15 is 0 Å². The molecule has 0 saturated carbocycles. The number of allylic oxidation sites excluding steroid dienone is 4. The van der Waals surface area contributed by atoms with Crippen LogP contribution in [0.2, 0.25) is 0 Å². The predicted octanol–water partition coefficient (Wildman–Crippen LogP) is 5.42. The zero-order valence-electron chi connectivity index (χ0n) is 10.4. The summed E-state index contributed by atoms with van der Waals surface area (Å²) in [6, 6.07) is 15.4. The summed E-state index contributed by atoms with van der Waals surface area (Å²) in [5, 5.41) is 0. The van der Waals surface area contributed by atoms with E-state index in [0.717, 1.165) is 4.47 Å². The Bertz CT molecular complexity index is 709. The Morgan fingerprint density at radius 3 is 2.26 bits per heavy atom. The van der Waals surface area contributed by atoms with Crippen molar-refractivity contribution in [2.24, 2.45) is 0 Å². The first-order valence-electron chi connectivity index (χ1n) is 6.58. The van der Waals surface area contributed by atoms with Gasteiger partial charge in [0.25, 0.3) is 0 Å². The fourth-order valence-electron chi connectivity index (χ4n) is 3.29. The van der Waals surface area contributed by atoms with Crippen LogP contribution in [-0.4, -0.2) is 0 Å². The zero-order valence-corrected chi connectivity index (χ0v) is 12.0. The number of benzene rings is 2. The van der Waals surface area contributed by atoms with E-state index in [1.807, 2.05) is 0 Å². The number of rotatable bonds is 0. The molecule has 2 aliphatic carbocycles. The Labute approximate surface area is 121 Å². The summed E-state index contributed by atoms with van der Waals surface area (Å²) >= 11 is 3.60. The topological polar surface area (TPSA) is 0 Å². The smallest absolute Gasteiger partial charge is 0.0178 e. The number of halogens is 1. The van der Waals surface area contributed by atoms with Gasteiger partial charge in [0.05, 0.1) is 0 Å². The van der Waals surface area contributed by atoms with Crippen LogP contribution in [0.4, 0.5) is 0 Å². The maximum absolute atomic E-state index is 3.60. The van der Waals surface area contributed by atoms with Gasteiger partial charge in [-0.25, -0.2) is 0 Å². The van der Waals surface area contributed by atoms with Crippen LogP contribution in [-0.2, 0) is 0 Å². The molecular weight excluding hydrogens is 296 g/mol. The molecule has 4 rings (SSSR count). The fraction of sp³-hybridized carbons (Fsp3) is 0.111. The van der Waals surface area contributed by atoms with Crippen molar-refractivity contribution in [2.75, 3.05) is 0 Å². The van der Waals surface area contributed by atoms with Crippen molar-refractivity contribution >= 4 is 15.9 Å². The van der Waals surface area contributed by atoms with Crippen LogP contribution in [0.25, 0.3) is 11.1 Å². The van der Waals surface area contributed by atoms with E-state index < -0.39 is 0 Å². The Morgan fingerprint density at radius 2 is 1.42 bits per heavy atom. The molecule has 0 radical (unpaired) electrons. The Hall–Kier alpha value is -1.60. The van der Waals surface area contributed by atoms with Crippen molar-refractivity contribution in [3.8, 4) is 11.1 Å². The molecule has 1 heteroatoms. The molecule has 2 aromatic rings. The summed E-state index contributed by atoms with van der Waals surface area (Å²) in [6.45, 7) is 0. The van der Waals surface area contributed by atoms with Gasteiger partial charge in [-0.05, 0) is 34.4 Å². The molecule has 0 heterocycles. The molecule has 19 heavy (non-hydrogen) atoms. The van der Waals surface area contributed by atoms with Crippen LogP contribution >= 0.6 is 15.9 Å². The molecule has 0 fully saturated rings. The number of hydrogen-bond donors (Lipinski definition) is 0. The Balaban J connectivity index is 2.05. The minimum absolute atomic E-state index is 0.465. The Morgan fingerprint density at radius 1 is 0.737 bits per heavy atom. The van der Waals surface area contributed by atoms with E-state index in [9.17, 15) is 0 Å². The van der Waals surface area contributed by atoms with Gasteiger partial charge in [0.1, 0.15) is 0 Å². The lowest BCUT2D eigenvalue weighted by Crippen LogP contribution is -2.16. The Kier molecular flexibility index (Phi) is 2.49. The molecule has 2 atom stereocenters. The third kappa shape index (κ3) is 1.65. The first-order chi connectivity index (χ1) is 9.34. The van der Waals surface area contributed by atoms with Crippen molar-refractivity contribution < 1.29 is 0 Å².